The Bertz CT molecular complexity index is 574. The molecule has 1 unspecified atom stereocenters. The zero-order valence-electron chi connectivity index (χ0n) is 11.6. The van der Waals surface area contributed by atoms with Crippen molar-refractivity contribution in [1.29, 1.82) is 5.26 Å². The lowest BCUT2D eigenvalue weighted by Crippen LogP contribution is -2.34. The molecule has 1 N–H and O–H groups in total. The van der Waals surface area contributed by atoms with Gasteiger partial charge in [-0.15, -0.1) is 0 Å². The van der Waals surface area contributed by atoms with Crippen LogP contribution in [0.4, 0.5) is 0 Å². The van der Waals surface area contributed by atoms with Gasteiger partial charge in [0.25, 0.3) is 0 Å². The molecule has 1 rings (SSSR count). The average Bonchev–Trinajstić information content (AvgIpc) is 2.37. The fourth-order valence-corrected chi connectivity index (χ4v) is 3.35. The Hall–Kier alpha value is -1.38. The molecule has 0 saturated heterocycles. The molecule has 0 fully saturated rings. The van der Waals surface area contributed by atoms with Crippen LogP contribution in [0.5, 0.6) is 0 Å². The third-order valence-corrected chi connectivity index (χ3v) is 4.60. The minimum Gasteiger partial charge on any atom is -0.208 e. The molecule has 0 bridgehead atoms. The minimum atomic E-state index is -3.50. The summed E-state index contributed by atoms with van der Waals surface area (Å²) in [5.74, 6) is 0. The van der Waals surface area contributed by atoms with E-state index < -0.39 is 10.0 Å². The van der Waals surface area contributed by atoms with E-state index >= 15 is 0 Å². The lowest BCUT2D eigenvalue weighted by atomic mass is 10.1. The first-order valence-electron chi connectivity index (χ1n) is 6.47. The lowest BCUT2D eigenvalue weighted by molar-refractivity contribution is 0.512. The van der Waals surface area contributed by atoms with Gasteiger partial charge in [0.2, 0.25) is 10.0 Å². The summed E-state index contributed by atoms with van der Waals surface area (Å²) in [7, 11) is -3.50. The number of nitrogens with one attached hydrogen (secondary N) is 1. The van der Waals surface area contributed by atoms with Gasteiger partial charge in [-0.05, 0) is 43.5 Å². The lowest BCUT2D eigenvalue weighted by Gasteiger charge is -2.16. The summed E-state index contributed by atoms with van der Waals surface area (Å²) >= 11 is 0. The van der Waals surface area contributed by atoms with Crippen molar-refractivity contribution < 1.29 is 8.42 Å². The molecule has 0 saturated carbocycles. The standard InChI is InChI=1S/C14H20N2O2S/c1-4-6-13(5-2)16-19(17,18)14-8-7-12(10-15)11(3)9-14/h7-9,13,16H,4-6H2,1-3H3. The fourth-order valence-electron chi connectivity index (χ4n) is 1.91. The topological polar surface area (TPSA) is 70.0 Å². The number of sulfonamides is 1. The molecule has 19 heavy (non-hydrogen) atoms. The van der Waals surface area contributed by atoms with E-state index in [1.807, 2.05) is 19.9 Å². The van der Waals surface area contributed by atoms with Gasteiger partial charge < -0.3 is 0 Å². The Labute approximate surface area is 115 Å². The van der Waals surface area contributed by atoms with Crippen molar-refractivity contribution in [3.63, 3.8) is 0 Å². The van der Waals surface area contributed by atoms with Gasteiger partial charge in [0.1, 0.15) is 0 Å². The van der Waals surface area contributed by atoms with Gasteiger partial charge in [-0.2, -0.15) is 5.26 Å². The third kappa shape index (κ3) is 4.05. The molecule has 1 atom stereocenters. The molecular formula is C14H20N2O2S. The fraction of sp³-hybridized carbons (Fsp3) is 0.500. The highest BCUT2D eigenvalue weighted by atomic mass is 32.2. The van der Waals surface area contributed by atoms with Crippen LogP contribution in [-0.2, 0) is 10.0 Å². The number of rotatable bonds is 6. The predicted octanol–water partition coefficient (Wildman–Crippen LogP) is 2.72. The van der Waals surface area contributed by atoms with Crippen molar-refractivity contribution in [2.45, 2.75) is 51.0 Å². The van der Waals surface area contributed by atoms with Crippen LogP contribution >= 0.6 is 0 Å². The smallest absolute Gasteiger partial charge is 0.208 e. The van der Waals surface area contributed by atoms with Gasteiger partial charge in [0.15, 0.2) is 0 Å². The van der Waals surface area contributed by atoms with E-state index in [2.05, 4.69) is 4.72 Å². The van der Waals surface area contributed by atoms with Crippen molar-refractivity contribution in [3.8, 4) is 6.07 Å². The molecule has 0 aromatic heterocycles. The number of nitrogens with zero attached hydrogens (tertiary/aromatic N) is 1. The van der Waals surface area contributed by atoms with Gasteiger partial charge in [-0.25, -0.2) is 13.1 Å². The van der Waals surface area contributed by atoms with E-state index in [1.54, 1.807) is 19.1 Å². The van der Waals surface area contributed by atoms with Crippen molar-refractivity contribution in [2.75, 3.05) is 0 Å². The molecule has 104 valence electrons. The normalized spacial score (nSPS) is 12.9. The molecule has 0 spiro atoms. The largest absolute Gasteiger partial charge is 0.240 e. The zero-order chi connectivity index (χ0) is 14.5. The number of hydrogen-bond acceptors (Lipinski definition) is 3. The van der Waals surface area contributed by atoms with Crippen LogP contribution in [0.15, 0.2) is 23.1 Å². The summed E-state index contributed by atoms with van der Waals surface area (Å²) in [6.45, 7) is 5.73. The maximum atomic E-state index is 12.2. The number of nitriles is 1. The molecule has 0 radical (unpaired) electrons. The molecule has 0 aliphatic heterocycles. The van der Waals surface area contributed by atoms with Crippen LogP contribution in [0.1, 0.15) is 44.2 Å². The Morgan fingerprint density at radius 3 is 2.53 bits per heavy atom. The van der Waals surface area contributed by atoms with Crippen LogP contribution in [-0.4, -0.2) is 14.5 Å². The first-order chi connectivity index (χ1) is 8.94. The quantitative estimate of drug-likeness (QED) is 0.871. The number of aryl methyl sites for hydroxylation is 1. The first kappa shape index (κ1) is 15.7. The van der Waals surface area contributed by atoms with Gasteiger partial charge in [-0.3, -0.25) is 0 Å². The van der Waals surface area contributed by atoms with Crippen molar-refractivity contribution >= 4 is 10.0 Å². The van der Waals surface area contributed by atoms with E-state index in [-0.39, 0.29) is 10.9 Å². The highest BCUT2D eigenvalue weighted by Crippen LogP contribution is 2.16. The number of benzene rings is 1. The summed E-state index contributed by atoms with van der Waals surface area (Å²) in [6.07, 6.45) is 2.53. The maximum absolute atomic E-state index is 12.2. The molecule has 4 nitrogen and oxygen atoms in total. The molecule has 0 aliphatic rings. The second kappa shape index (κ2) is 6.69. The minimum absolute atomic E-state index is 0.0362. The first-order valence-corrected chi connectivity index (χ1v) is 7.96. The van der Waals surface area contributed by atoms with Gasteiger partial charge >= 0.3 is 0 Å². The summed E-state index contributed by atoms with van der Waals surface area (Å²) in [4.78, 5) is 0.221. The highest BCUT2D eigenvalue weighted by Gasteiger charge is 2.19. The van der Waals surface area contributed by atoms with E-state index in [1.165, 1.54) is 6.07 Å². The molecular weight excluding hydrogens is 260 g/mol. The van der Waals surface area contributed by atoms with Crippen molar-refractivity contribution in [1.82, 2.24) is 4.72 Å². The van der Waals surface area contributed by atoms with Crippen molar-refractivity contribution in [3.05, 3.63) is 29.3 Å². The molecule has 0 heterocycles. The van der Waals surface area contributed by atoms with Gasteiger partial charge in [-0.1, -0.05) is 20.3 Å². The van der Waals surface area contributed by atoms with Crippen LogP contribution < -0.4 is 4.72 Å². The zero-order valence-corrected chi connectivity index (χ0v) is 12.4. The van der Waals surface area contributed by atoms with E-state index in [0.29, 0.717) is 11.1 Å². The van der Waals surface area contributed by atoms with Gasteiger partial charge in [0.05, 0.1) is 16.5 Å². The summed E-state index contributed by atoms with van der Waals surface area (Å²) in [5.41, 5.74) is 1.17. The Balaban J connectivity index is 3.01. The maximum Gasteiger partial charge on any atom is 0.240 e. The van der Waals surface area contributed by atoms with E-state index in [4.69, 9.17) is 5.26 Å². The number of hydrogen-bond donors (Lipinski definition) is 1. The molecule has 1 aromatic rings. The van der Waals surface area contributed by atoms with Crippen LogP contribution in [0.2, 0.25) is 0 Å². The van der Waals surface area contributed by atoms with Gasteiger partial charge in [0, 0.05) is 6.04 Å². The highest BCUT2D eigenvalue weighted by molar-refractivity contribution is 7.89. The average molecular weight is 280 g/mol. The second-order valence-electron chi connectivity index (χ2n) is 4.60. The van der Waals surface area contributed by atoms with E-state index in [0.717, 1.165) is 19.3 Å². The van der Waals surface area contributed by atoms with Crippen LogP contribution in [0.25, 0.3) is 0 Å². The third-order valence-electron chi connectivity index (χ3n) is 3.08. The Morgan fingerprint density at radius 2 is 2.05 bits per heavy atom. The molecule has 0 aliphatic carbocycles. The Morgan fingerprint density at radius 1 is 1.37 bits per heavy atom. The SMILES string of the molecule is CCCC(CC)NS(=O)(=O)c1ccc(C#N)c(C)c1. The second-order valence-corrected chi connectivity index (χ2v) is 6.32. The predicted molar refractivity (Wildman–Crippen MR) is 75.2 cm³/mol. The molecule has 5 heteroatoms. The van der Waals surface area contributed by atoms with E-state index in [9.17, 15) is 8.42 Å². The Kier molecular flexibility index (Phi) is 5.52. The monoisotopic (exact) mass is 280 g/mol. The molecule has 1 aromatic carbocycles. The van der Waals surface area contributed by atoms with Crippen LogP contribution in [0, 0.1) is 18.3 Å². The molecule has 0 amide bonds. The van der Waals surface area contributed by atoms with Crippen molar-refractivity contribution in [2.24, 2.45) is 0 Å². The summed E-state index contributed by atoms with van der Waals surface area (Å²) < 4.78 is 27.2. The summed E-state index contributed by atoms with van der Waals surface area (Å²) in [5, 5.41) is 8.85. The van der Waals surface area contributed by atoms with Crippen LogP contribution in [0.3, 0.4) is 0 Å². The summed E-state index contributed by atoms with van der Waals surface area (Å²) in [6, 6.07) is 6.56.